The van der Waals surface area contributed by atoms with Crippen molar-refractivity contribution in [3.63, 3.8) is 0 Å². The lowest BCUT2D eigenvalue weighted by atomic mass is 10.2. The summed E-state index contributed by atoms with van der Waals surface area (Å²) in [6.45, 7) is 0. The number of rotatable bonds is 1. The largest absolute Gasteiger partial charge is 0.193 e. The van der Waals surface area contributed by atoms with Gasteiger partial charge in [0.15, 0.2) is 0 Å². The quantitative estimate of drug-likeness (QED) is 0.669. The van der Waals surface area contributed by atoms with E-state index in [0.717, 1.165) is 0 Å². The average molecular weight is 232 g/mol. The number of hydrogen-bond donors (Lipinski definition) is 0. The number of nitrogens with zero attached hydrogens (tertiary/aromatic N) is 1. The molecule has 0 amide bonds. The van der Waals surface area contributed by atoms with Crippen molar-refractivity contribution < 1.29 is 0 Å². The summed E-state index contributed by atoms with van der Waals surface area (Å²) in [7, 11) is 0. The third-order valence-electron chi connectivity index (χ3n) is 1.39. The minimum atomic E-state index is 0.348. The van der Waals surface area contributed by atoms with Gasteiger partial charge in [-0.2, -0.15) is 5.26 Å². The summed E-state index contributed by atoms with van der Waals surface area (Å²) in [4.78, 5) is 0. The first-order valence-corrected chi connectivity index (χ1v) is 4.49. The molecule has 0 aliphatic rings. The van der Waals surface area contributed by atoms with Crippen molar-refractivity contribution in [2.24, 2.45) is 0 Å². The standard InChI is InChI=1S/C9H4Cl3N/c10-7(3-4-13)6-1-2-8(11)9(12)5-6/h1-3,5H/b7-3+. The zero-order valence-corrected chi connectivity index (χ0v) is 8.66. The Kier molecular flexibility index (Phi) is 3.62. The minimum Gasteiger partial charge on any atom is -0.193 e. The van der Waals surface area contributed by atoms with Gasteiger partial charge in [-0.1, -0.05) is 40.9 Å². The number of allylic oxidation sites excluding steroid dienone is 1. The maximum atomic E-state index is 8.35. The second-order valence-electron chi connectivity index (χ2n) is 2.25. The maximum Gasteiger partial charge on any atom is 0.0927 e. The predicted molar refractivity (Wildman–Crippen MR) is 55.9 cm³/mol. The van der Waals surface area contributed by atoms with Crippen LogP contribution in [0.25, 0.3) is 5.03 Å². The molecule has 0 radical (unpaired) electrons. The summed E-state index contributed by atoms with van der Waals surface area (Å²) >= 11 is 17.2. The lowest BCUT2D eigenvalue weighted by Crippen LogP contribution is -1.77. The molecule has 0 saturated carbocycles. The molecule has 1 aromatic carbocycles. The fourth-order valence-electron chi connectivity index (χ4n) is 0.785. The van der Waals surface area contributed by atoms with E-state index in [4.69, 9.17) is 40.1 Å². The topological polar surface area (TPSA) is 23.8 Å². The van der Waals surface area contributed by atoms with Crippen molar-refractivity contribution in [1.29, 1.82) is 5.26 Å². The van der Waals surface area contributed by atoms with Crippen molar-refractivity contribution in [3.05, 3.63) is 39.9 Å². The van der Waals surface area contributed by atoms with Gasteiger partial charge < -0.3 is 0 Å². The molecule has 4 heteroatoms. The fourth-order valence-corrected chi connectivity index (χ4v) is 1.25. The van der Waals surface area contributed by atoms with Crippen molar-refractivity contribution in [1.82, 2.24) is 0 Å². The Morgan fingerprint density at radius 3 is 2.54 bits per heavy atom. The van der Waals surface area contributed by atoms with Gasteiger partial charge in [0.2, 0.25) is 0 Å². The molecule has 1 nitrogen and oxygen atoms in total. The van der Waals surface area contributed by atoms with Crippen LogP contribution in [0.2, 0.25) is 10.0 Å². The minimum absolute atomic E-state index is 0.348. The van der Waals surface area contributed by atoms with Crippen LogP contribution in [0.1, 0.15) is 5.56 Å². The molecular formula is C9H4Cl3N. The molecule has 0 heterocycles. The van der Waals surface area contributed by atoms with Crippen molar-refractivity contribution in [2.45, 2.75) is 0 Å². The molecule has 1 rings (SSSR count). The van der Waals surface area contributed by atoms with Gasteiger partial charge in [0.25, 0.3) is 0 Å². The van der Waals surface area contributed by atoms with Crippen molar-refractivity contribution in [2.75, 3.05) is 0 Å². The molecule has 0 aliphatic heterocycles. The number of benzene rings is 1. The van der Waals surface area contributed by atoms with E-state index in [1.54, 1.807) is 18.2 Å². The predicted octanol–water partition coefficient (Wildman–Crippen LogP) is 4.10. The van der Waals surface area contributed by atoms with Gasteiger partial charge >= 0.3 is 0 Å². The lowest BCUT2D eigenvalue weighted by molar-refractivity contribution is 1.53. The summed E-state index contributed by atoms with van der Waals surface area (Å²) in [6.07, 6.45) is 1.24. The highest BCUT2D eigenvalue weighted by Crippen LogP contribution is 2.27. The van der Waals surface area contributed by atoms with E-state index in [2.05, 4.69) is 0 Å². The number of hydrogen-bond acceptors (Lipinski definition) is 1. The van der Waals surface area contributed by atoms with Crippen LogP contribution in [0.3, 0.4) is 0 Å². The normalized spacial score (nSPS) is 11.1. The molecule has 0 aromatic heterocycles. The molecule has 0 N–H and O–H groups in total. The summed E-state index contributed by atoms with van der Waals surface area (Å²) in [6, 6.07) is 6.77. The van der Waals surface area contributed by atoms with Crippen LogP contribution in [0.5, 0.6) is 0 Å². The van der Waals surface area contributed by atoms with Crippen LogP contribution in [-0.4, -0.2) is 0 Å². The van der Waals surface area contributed by atoms with E-state index in [1.807, 2.05) is 6.07 Å². The smallest absolute Gasteiger partial charge is 0.0927 e. The zero-order chi connectivity index (χ0) is 9.84. The van der Waals surface area contributed by atoms with Gasteiger partial charge in [-0.15, -0.1) is 0 Å². The van der Waals surface area contributed by atoms with Crippen LogP contribution in [0, 0.1) is 11.3 Å². The van der Waals surface area contributed by atoms with Crippen LogP contribution in [0.15, 0.2) is 24.3 Å². The summed E-state index contributed by atoms with van der Waals surface area (Å²) < 4.78 is 0. The second kappa shape index (κ2) is 4.53. The molecule has 0 unspecified atom stereocenters. The van der Waals surface area contributed by atoms with E-state index in [1.165, 1.54) is 6.08 Å². The molecule has 0 saturated heterocycles. The van der Waals surface area contributed by atoms with Crippen LogP contribution in [-0.2, 0) is 0 Å². The van der Waals surface area contributed by atoms with E-state index < -0.39 is 0 Å². The molecule has 1 aromatic rings. The Hall–Kier alpha value is -0.680. The Bertz CT molecular complexity index is 390. The van der Waals surface area contributed by atoms with E-state index >= 15 is 0 Å². The highest BCUT2D eigenvalue weighted by atomic mass is 35.5. The Balaban J connectivity index is 3.13. The van der Waals surface area contributed by atoms with Crippen LogP contribution in [0.4, 0.5) is 0 Å². The first-order chi connectivity index (χ1) is 6.15. The average Bonchev–Trinajstić information content (AvgIpc) is 2.10. The zero-order valence-electron chi connectivity index (χ0n) is 6.39. The third-order valence-corrected chi connectivity index (χ3v) is 2.45. The first-order valence-electron chi connectivity index (χ1n) is 3.36. The van der Waals surface area contributed by atoms with Crippen molar-refractivity contribution >= 4 is 39.8 Å². The molecule has 0 aliphatic carbocycles. The van der Waals surface area contributed by atoms with Gasteiger partial charge in [0, 0.05) is 6.08 Å². The fraction of sp³-hybridized carbons (Fsp3) is 0. The summed E-state index contributed by atoms with van der Waals surface area (Å²) in [5.74, 6) is 0. The second-order valence-corrected chi connectivity index (χ2v) is 3.47. The Labute approximate surface area is 91.1 Å². The maximum absolute atomic E-state index is 8.35. The lowest BCUT2D eigenvalue weighted by Gasteiger charge is -1.99. The summed E-state index contributed by atoms with van der Waals surface area (Å²) in [5, 5.41) is 9.58. The molecule has 66 valence electrons. The van der Waals surface area contributed by atoms with Crippen LogP contribution < -0.4 is 0 Å². The van der Waals surface area contributed by atoms with Crippen LogP contribution >= 0.6 is 34.8 Å². The highest BCUT2D eigenvalue weighted by molar-refractivity contribution is 6.49. The van der Waals surface area contributed by atoms with E-state index in [-0.39, 0.29) is 0 Å². The molecular weight excluding hydrogens is 228 g/mol. The Morgan fingerprint density at radius 2 is 2.00 bits per heavy atom. The molecule has 0 atom stereocenters. The van der Waals surface area contributed by atoms with Gasteiger partial charge in [0.1, 0.15) is 0 Å². The van der Waals surface area contributed by atoms with E-state index in [0.29, 0.717) is 20.6 Å². The molecule has 0 fully saturated rings. The molecule has 13 heavy (non-hydrogen) atoms. The van der Waals surface area contributed by atoms with Gasteiger partial charge in [-0.25, -0.2) is 0 Å². The first kappa shape index (κ1) is 10.4. The summed E-state index contributed by atoms with van der Waals surface area (Å²) in [5.41, 5.74) is 0.678. The number of nitriles is 1. The van der Waals surface area contributed by atoms with Crippen molar-refractivity contribution in [3.8, 4) is 6.07 Å². The van der Waals surface area contributed by atoms with Gasteiger partial charge in [-0.3, -0.25) is 0 Å². The molecule has 0 bridgehead atoms. The Morgan fingerprint density at radius 1 is 1.31 bits per heavy atom. The van der Waals surface area contributed by atoms with Gasteiger partial charge in [-0.05, 0) is 17.7 Å². The molecule has 0 spiro atoms. The van der Waals surface area contributed by atoms with E-state index in [9.17, 15) is 0 Å². The highest BCUT2D eigenvalue weighted by Gasteiger charge is 2.01. The SMILES string of the molecule is N#C/C=C(/Cl)c1ccc(Cl)c(Cl)c1. The van der Waals surface area contributed by atoms with Gasteiger partial charge in [0.05, 0.1) is 21.1 Å². The third kappa shape index (κ3) is 2.63. The monoisotopic (exact) mass is 231 g/mol. The number of halogens is 3.